The van der Waals surface area contributed by atoms with Gasteiger partial charge in [0.2, 0.25) is 0 Å². The van der Waals surface area contributed by atoms with Gasteiger partial charge in [0.1, 0.15) is 12.4 Å². The molecule has 3 rings (SSSR count). The van der Waals surface area contributed by atoms with Gasteiger partial charge in [-0.2, -0.15) is 0 Å². The van der Waals surface area contributed by atoms with E-state index >= 15 is 0 Å². The third-order valence-corrected chi connectivity index (χ3v) is 3.99. The number of ether oxygens (including phenoxy) is 1. The van der Waals surface area contributed by atoms with Gasteiger partial charge in [-0.25, -0.2) is 0 Å². The van der Waals surface area contributed by atoms with Crippen molar-refractivity contribution < 1.29 is 4.74 Å². The molecule has 0 aliphatic carbocycles. The second-order valence-corrected chi connectivity index (χ2v) is 5.73. The third kappa shape index (κ3) is 4.36. The fraction of sp³-hybridized carbons (Fsp3) is 0.130. The van der Waals surface area contributed by atoms with Gasteiger partial charge in [-0.05, 0) is 40.8 Å². The lowest BCUT2D eigenvalue weighted by Crippen LogP contribution is -1.94. The van der Waals surface area contributed by atoms with Crippen LogP contribution >= 0.6 is 0 Å². The van der Waals surface area contributed by atoms with E-state index in [-0.39, 0.29) is 0 Å². The van der Waals surface area contributed by atoms with Crippen molar-refractivity contribution in [3.63, 3.8) is 0 Å². The van der Waals surface area contributed by atoms with E-state index in [1.165, 1.54) is 22.3 Å². The molecule has 0 spiro atoms. The molecule has 0 bridgehead atoms. The van der Waals surface area contributed by atoms with Gasteiger partial charge in [-0.1, -0.05) is 85.8 Å². The summed E-state index contributed by atoms with van der Waals surface area (Å²) in [7, 11) is 0. The van der Waals surface area contributed by atoms with E-state index < -0.39 is 0 Å². The summed E-state index contributed by atoms with van der Waals surface area (Å²) < 4.78 is 5.84. The van der Waals surface area contributed by atoms with E-state index in [4.69, 9.17) is 4.74 Å². The zero-order valence-corrected chi connectivity index (χ0v) is 14.0. The highest BCUT2D eigenvalue weighted by Gasteiger charge is 2.00. The molecule has 24 heavy (non-hydrogen) atoms. The number of hydrogen-bond donors (Lipinski definition) is 0. The van der Waals surface area contributed by atoms with E-state index in [1.54, 1.807) is 0 Å². The summed E-state index contributed by atoms with van der Waals surface area (Å²) in [5.74, 6) is 0.897. The van der Waals surface area contributed by atoms with Gasteiger partial charge in [-0.3, -0.25) is 0 Å². The monoisotopic (exact) mass is 314 g/mol. The van der Waals surface area contributed by atoms with Crippen LogP contribution in [-0.2, 0) is 6.61 Å². The average molecular weight is 314 g/mol. The first-order valence-corrected chi connectivity index (χ1v) is 8.38. The Morgan fingerprint density at radius 3 is 2.04 bits per heavy atom. The Kier molecular flexibility index (Phi) is 5.47. The van der Waals surface area contributed by atoms with Gasteiger partial charge >= 0.3 is 0 Å². The standard InChI is InChI=1S/C23H22O/c1-2-21(22-11-7-4-8-12-22)17-19-13-15-23(16-14-19)24-18-20-9-5-3-6-10-20/h3-17H,2,18H2,1H3/b21-17+. The Morgan fingerprint density at radius 2 is 1.42 bits per heavy atom. The Labute approximate surface area is 144 Å². The van der Waals surface area contributed by atoms with Crippen LogP contribution in [0.4, 0.5) is 0 Å². The van der Waals surface area contributed by atoms with E-state index in [0.717, 1.165) is 12.2 Å². The molecule has 0 atom stereocenters. The summed E-state index contributed by atoms with van der Waals surface area (Å²) in [5.41, 5.74) is 5.00. The van der Waals surface area contributed by atoms with E-state index in [1.807, 2.05) is 30.3 Å². The van der Waals surface area contributed by atoms with Crippen LogP contribution in [0, 0.1) is 0 Å². The summed E-state index contributed by atoms with van der Waals surface area (Å²) in [6, 6.07) is 29.0. The van der Waals surface area contributed by atoms with Crippen LogP contribution in [0.25, 0.3) is 11.6 Å². The molecule has 1 nitrogen and oxygen atoms in total. The summed E-state index contributed by atoms with van der Waals surface area (Å²) >= 11 is 0. The molecule has 0 radical (unpaired) electrons. The SMILES string of the molecule is CC/C(=C\c1ccc(OCc2ccccc2)cc1)c1ccccc1. The molecule has 0 aliphatic heterocycles. The van der Waals surface area contributed by atoms with Crippen molar-refractivity contribution in [1.29, 1.82) is 0 Å². The van der Waals surface area contributed by atoms with Crippen LogP contribution in [0.15, 0.2) is 84.9 Å². The summed E-state index contributed by atoms with van der Waals surface area (Å²) in [6.07, 6.45) is 3.26. The maximum Gasteiger partial charge on any atom is 0.119 e. The molecular weight excluding hydrogens is 292 g/mol. The highest BCUT2D eigenvalue weighted by atomic mass is 16.5. The van der Waals surface area contributed by atoms with Gasteiger partial charge in [0.15, 0.2) is 0 Å². The van der Waals surface area contributed by atoms with Crippen LogP contribution in [0.3, 0.4) is 0 Å². The van der Waals surface area contributed by atoms with Crippen molar-refractivity contribution >= 4 is 11.6 Å². The second-order valence-electron chi connectivity index (χ2n) is 5.73. The highest BCUT2D eigenvalue weighted by molar-refractivity contribution is 5.81. The fourth-order valence-corrected chi connectivity index (χ4v) is 2.64. The van der Waals surface area contributed by atoms with Crippen LogP contribution in [0.5, 0.6) is 5.75 Å². The fourth-order valence-electron chi connectivity index (χ4n) is 2.64. The molecular formula is C23H22O. The van der Waals surface area contributed by atoms with Crippen molar-refractivity contribution in [3.05, 3.63) is 102 Å². The lowest BCUT2D eigenvalue weighted by atomic mass is 10.0. The van der Waals surface area contributed by atoms with Gasteiger partial charge in [0, 0.05) is 0 Å². The minimum atomic E-state index is 0.597. The quantitative estimate of drug-likeness (QED) is 0.491. The molecule has 0 saturated carbocycles. The molecule has 0 aliphatic rings. The summed E-state index contributed by atoms with van der Waals surface area (Å²) in [6.45, 7) is 2.79. The summed E-state index contributed by atoms with van der Waals surface area (Å²) in [4.78, 5) is 0. The molecule has 1 heteroatoms. The molecule has 120 valence electrons. The number of hydrogen-bond acceptors (Lipinski definition) is 1. The van der Waals surface area contributed by atoms with Gasteiger partial charge in [0.05, 0.1) is 0 Å². The molecule has 0 heterocycles. The van der Waals surface area contributed by atoms with Gasteiger partial charge in [0.25, 0.3) is 0 Å². The Hall–Kier alpha value is -2.80. The zero-order chi connectivity index (χ0) is 16.6. The predicted molar refractivity (Wildman–Crippen MR) is 102 cm³/mol. The molecule has 0 saturated heterocycles. The van der Waals surface area contributed by atoms with Crippen molar-refractivity contribution in [2.24, 2.45) is 0 Å². The van der Waals surface area contributed by atoms with Crippen molar-refractivity contribution in [2.75, 3.05) is 0 Å². The lowest BCUT2D eigenvalue weighted by Gasteiger charge is -2.08. The van der Waals surface area contributed by atoms with Gasteiger partial charge in [-0.15, -0.1) is 0 Å². The molecule has 0 fully saturated rings. The Bertz CT molecular complexity index is 771. The number of allylic oxidation sites excluding steroid dienone is 1. The first-order valence-electron chi connectivity index (χ1n) is 8.38. The van der Waals surface area contributed by atoms with E-state index in [2.05, 4.69) is 67.6 Å². The minimum absolute atomic E-state index is 0.597. The predicted octanol–water partition coefficient (Wildman–Crippen LogP) is 6.22. The van der Waals surface area contributed by atoms with Crippen LogP contribution in [-0.4, -0.2) is 0 Å². The van der Waals surface area contributed by atoms with Crippen molar-refractivity contribution in [2.45, 2.75) is 20.0 Å². The van der Waals surface area contributed by atoms with Crippen LogP contribution in [0.1, 0.15) is 30.0 Å². The Balaban J connectivity index is 1.68. The topological polar surface area (TPSA) is 9.23 Å². The maximum atomic E-state index is 5.84. The maximum absolute atomic E-state index is 5.84. The van der Waals surface area contributed by atoms with E-state index in [9.17, 15) is 0 Å². The first-order chi connectivity index (χ1) is 11.8. The minimum Gasteiger partial charge on any atom is -0.489 e. The average Bonchev–Trinajstić information content (AvgIpc) is 2.67. The number of rotatable bonds is 6. The first kappa shape index (κ1) is 16.1. The molecule has 3 aromatic rings. The molecule has 3 aromatic carbocycles. The number of benzene rings is 3. The highest BCUT2D eigenvalue weighted by Crippen LogP contribution is 2.22. The normalized spacial score (nSPS) is 11.3. The second kappa shape index (κ2) is 8.16. The third-order valence-electron chi connectivity index (χ3n) is 3.99. The van der Waals surface area contributed by atoms with Crippen molar-refractivity contribution in [1.82, 2.24) is 0 Å². The van der Waals surface area contributed by atoms with E-state index in [0.29, 0.717) is 6.61 Å². The Morgan fingerprint density at radius 1 is 0.792 bits per heavy atom. The van der Waals surface area contributed by atoms with Gasteiger partial charge < -0.3 is 4.74 Å². The zero-order valence-electron chi connectivity index (χ0n) is 14.0. The smallest absolute Gasteiger partial charge is 0.119 e. The van der Waals surface area contributed by atoms with Crippen LogP contribution < -0.4 is 4.74 Å². The molecule has 0 aromatic heterocycles. The largest absolute Gasteiger partial charge is 0.489 e. The molecule has 0 N–H and O–H groups in total. The van der Waals surface area contributed by atoms with Crippen LogP contribution in [0.2, 0.25) is 0 Å². The summed E-state index contributed by atoms with van der Waals surface area (Å²) in [5, 5.41) is 0. The van der Waals surface area contributed by atoms with Crippen molar-refractivity contribution in [3.8, 4) is 5.75 Å². The molecule has 0 amide bonds. The lowest BCUT2D eigenvalue weighted by molar-refractivity contribution is 0.306. The molecule has 0 unspecified atom stereocenters.